The molecule has 216 valence electrons. The molecule has 3 aromatic carbocycles. The van der Waals surface area contributed by atoms with Gasteiger partial charge in [0.25, 0.3) is 5.56 Å². The molecular formula is C33H35N5O3S. The molecule has 9 heteroatoms. The van der Waals surface area contributed by atoms with Gasteiger partial charge >= 0.3 is 0 Å². The van der Waals surface area contributed by atoms with Crippen LogP contribution in [-0.2, 0) is 16.6 Å². The lowest BCUT2D eigenvalue weighted by atomic mass is 9.85. The zero-order chi connectivity index (χ0) is 29.4. The Bertz CT molecular complexity index is 1740. The Balaban J connectivity index is 1.30. The van der Waals surface area contributed by atoms with Crippen LogP contribution in [0.3, 0.4) is 0 Å². The van der Waals surface area contributed by atoms with Crippen LogP contribution in [0.1, 0.15) is 44.7 Å². The van der Waals surface area contributed by atoms with Gasteiger partial charge in [-0.2, -0.15) is 0 Å². The second-order valence-corrected chi connectivity index (χ2v) is 12.4. The van der Waals surface area contributed by atoms with E-state index in [0.717, 1.165) is 42.1 Å². The molecule has 8 nitrogen and oxygen atoms in total. The number of nitrogens with zero attached hydrogens (tertiary/aromatic N) is 4. The average Bonchev–Trinajstić information content (AvgIpc) is 3.40. The van der Waals surface area contributed by atoms with E-state index in [1.54, 1.807) is 14.3 Å². The van der Waals surface area contributed by atoms with Gasteiger partial charge < -0.3 is 5.32 Å². The summed E-state index contributed by atoms with van der Waals surface area (Å²) in [5.41, 5.74) is 2.22. The van der Waals surface area contributed by atoms with Crippen molar-refractivity contribution in [3.63, 3.8) is 0 Å². The molecule has 6 rings (SSSR count). The van der Waals surface area contributed by atoms with Gasteiger partial charge in [-0.25, -0.2) is 9.67 Å². The van der Waals surface area contributed by atoms with E-state index >= 15 is 0 Å². The number of thioether (sulfide) groups is 1. The normalized spacial score (nSPS) is 21.8. The number of amides is 2. The first-order valence-electron chi connectivity index (χ1n) is 14.5. The SMILES string of the molecule is Cc1c(N=C2S[C@H](CC(=O)Nc3ccc4ccccc4c3)C(=O)N2[C@@H]2CCCC[C@@H]2C)c(=O)n(-c2ccccc2)n1C. The average molecular weight is 582 g/mol. The molecule has 2 fully saturated rings. The van der Waals surface area contributed by atoms with E-state index in [1.807, 2.05) is 86.8 Å². The van der Waals surface area contributed by atoms with Crippen molar-refractivity contribution in [1.29, 1.82) is 0 Å². The highest BCUT2D eigenvalue weighted by atomic mass is 32.2. The molecule has 4 aromatic rings. The van der Waals surface area contributed by atoms with E-state index in [4.69, 9.17) is 4.99 Å². The fraction of sp³-hybridized carbons (Fsp3) is 0.333. The Hall–Kier alpha value is -4.11. The second-order valence-electron chi connectivity index (χ2n) is 11.3. The Kier molecular flexibility index (Phi) is 7.77. The summed E-state index contributed by atoms with van der Waals surface area (Å²) < 4.78 is 3.39. The predicted octanol–water partition coefficient (Wildman–Crippen LogP) is 6.18. The predicted molar refractivity (Wildman–Crippen MR) is 170 cm³/mol. The molecule has 1 N–H and O–H groups in total. The maximum atomic E-state index is 13.9. The molecule has 1 aromatic heterocycles. The first kappa shape index (κ1) is 28.0. The number of rotatable bonds is 6. The molecule has 1 aliphatic carbocycles. The van der Waals surface area contributed by atoms with Gasteiger partial charge in [0.1, 0.15) is 5.25 Å². The van der Waals surface area contributed by atoms with Crippen molar-refractivity contribution in [1.82, 2.24) is 14.3 Å². The molecule has 0 radical (unpaired) electrons. The molecule has 1 saturated heterocycles. The van der Waals surface area contributed by atoms with Crippen molar-refractivity contribution in [2.45, 2.75) is 57.2 Å². The van der Waals surface area contributed by atoms with Crippen molar-refractivity contribution in [3.8, 4) is 5.69 Å². The number of aromatic nitrogens is 2. The smallest absolute Gasteiger partial charge is 0.297 e. The van der Waals surface area contributed by atoms with Gasteiger partial charge in [-0.1, -0.05) is 80.1 Å². The van der Waals surface area contributed by atoms with E-state index in [-0.39, 0.29) is 29.8 Å². The minimum absolute atomic E-state index is 0.00795. The quantitative estimate of drug-likeness (QED) is 0.295. The van der Waals surface area contributed by atoms with Gasteiger partial charge in [-0.15, -0.1) is 0 Å². The van der Waals surface area contributed by atoms with E-state index in [2.05, 4.69) is 12.2 Å². The lowest BCUT2D eigenvalue weighted by Crippen LogP contribution is -2.46. The Labute approximate surface area is 249 Å². The van der Waals surface area contributed by atoms with Crippen LogP contribution in [0, 0.1) is 12.8 Å². The van der Waals surface area contributed by atoms with Crippen molar-refractivity contribution < 1.29 is 9.59 Å². The number of hydrogen-bond donors (Lipinski definition) is 1. The lowest BCUT2D eigenvalue weighted by molar-refractivity contribution is -0.130. The van der Waals surface area contributed by atoms with Gasteiger partial charge in [0, 0.05) is 25.2 Å². The molecular weight excluding hydrogens is 546 g/mol. The highest BCUT2D eigenvalue weighted by Gasteiger charge is 2.45. The lowest BCUT2D eigenvalue weighted by Gasteiger charge is -2.35. The summed E-state index contributed by atoms with van der Waals surface area (Å²) in [7, 11) is 1.83. The summed E-state index contributed by atoms with van der Waals surface area (Å²) in [4.78, 5) is 47.4. The minimum Gasteiger partial charge on any atom is -0.326 e. The van der Waals surface area contributed by atoms with Crippen molar-refractivity contribution in [3.05, 3.63) is 88.8 Å². The Morgan fingerprint density at radius 3 is 2.45 bits per heavy atom. The molecule has 0 spiro atoms. The third-order valence-corrected chi connectivity index (χ3v) is 9.65. The largest absolute Gasteiger partial charge is 0.326 e. The highest BCUT2D eigenvalue weighted by molar-refractivity contribution is 8.15. The number of benzene rings is 3. The minimum atomic E-state index is -0.612. The van der Waals surface area contributed by atoms with Gasteiger partial charge in [0.05, 0.1) is 11.4 Å². The number of para-hydroxylation sites is 1. The van der Waals surface area contributed by atoms with Crippen LogP contribution < -0.4 is 10.9 Å². The zero-order valence-corrected chi connectivity index (χ0v) is 24.9. The first-order chi connectivity index (χ1) is 20.3. The highest BCUT2D eigenvalue weighted by Crippen LogP contribution is 2.39. The van der Waals surface area contributed by atoms with E-state index in [9.17, 15) is 14.4 Å². The number of hydrogen-bond acceptors (Lipinski definition) is 5. The number of carbonyl (C=O) groups excluding carboxylic acids is 2. The molecule has 3 atom stereocenters. The third kappa shape index (κ3) is 5.29. The number of nitrogens with one attached hydrogen (secondary N) is 1. The number of amidine groups is 1. The molecule has 42 heavy (non-hydrogen) atoms. The van der Waals surface area contributed by atoms with Crippen LogP contribution in [0.5, 0.6) is 0 Å². The molecule has 2 heterocycles. The monoisotopic (exact) mass is 581 g/mol. The van der Waals surface area contributed by atoms with Crippen molar-refractivity contribution in [2.24, 2.45) is 18.0 Å². The van der Waals surface area contributed by atoms with Crippen LogP contribution in [0.15, 0.2) is 82.6 Å². The van der Waals surface area contributed by atoms with Crippen LogP contribution in [-0.4, -0.2) is 42.5 Å². The maximum Gasteiger partial charge on any atom is 0.297 e. The van der Waals surface area contributed by atoms with Crippen LogP contribution in [0.25, 0.3) is 16.5 Å². The van der Waals surface area contributed by atoms with E-state index < -0.39 is 5.25 Å². The third-order valence-electron chi connectivity index (χ3n) is 8.50. The van der Waals surface area contributed by atoms with Gasteiger partial charge in [-0.3, -0.25) is 24.0 Å². The summed E-state index contributed by atoms with van der Waals surface area (Å²) in [5.74, 6) is -0.0315. The molecule has 1 saturated carbocycles. The topological polar surface area (TPSA) is 88.7 Å². The number of aliphatic imine (C=N–C) groups is 1. The fourth-order valence-electron chi connectivity index (χ4n) is 6.10. The Morgan fingerprint density at radius 1 is 0.976 bits per heavy atom. The van der Waals surface area contributed by atoms with Crippen LogP contribution in [0.4, 0.5) is 11.4 Å². The second kappa shape index (κ2) is 11.6. The van der Waals surface area contributed by atoms with Crippen molar-refractivity contribution >= 4 is 50.9 Å². The standard InChI is InChI=1S/C33H35N5O3S/c1-21-11-7-10-16-27(21)37-31(40)28(20-29(39)34-25-18-17-23-12-8-9-13-24(23)19-25)42-33(37)35-30-22(2)36(3)38(32(30)41)26-14-5-4-6-15-26/h4-6,8-9,12-15,17-19,21,27-28H,7,10-11,16,20H2,1-3H3,(H,34,39)/t21-,27+,28+/m0/s1. The summed E-state index contributed by atoms with van der Waals surface area (Å²) in [6.45, 7) is 4.04. The van der Waals surface area contributed by atoms with Gasteiger partial charge in [-0.05, 0) is 60.7 Å². The molecule has 2 amide bonds. The first-order valence-corrected chi connectivity index (χ1v) is 15.4. The summed E-state index contributed by atoms with van der Waals surface area (Å²) in [6, 6.07) is 23.2. The zero-order valence-electron chi connectivity index (χ0n) is 24.1. The number of fused-ring (bicyclic) bond motifs is 1. The van der Waals surface area contributed by atoms with Gasteiger partial charge in [0.2, 0.25) is 11.8 Å². The summed E-state index contributed by atoms with van der Waals surface area (Å²) in [5, 5.41) is 5.00. The molecule has 1 aliphatic heterocycles. The molecule has 0 bridgehead atoms. The van der Waals surface area contributed by atoms with Crippen molar-refractivity contribution in [2.75, 3.05) is 5.32 Å². The Morgan fingerprint density at radius 2 is 1.69 bits per heavy atom. The van der Waals surface area contributed by atoms with Gasteiger partial charge in [0.15, 0.2) is 10.9 Å². The fourth-order valence-corrected chi connectivity index (χ4v) is 7.29. The summed E-state index contributed by atoms with van der Waals surface area (Å²) in [6.07, 6.45) is 4.11. The molecule has 2 aliphatic rings. The number of anilines is 1. The van der Waals surface area contributed by atoms with Crippen LogP contribution in [0.2, 0.25) is 0 Å². The van der Waals surface area contributed by atoms with E-state index in [0.29, 0.717) is 28.2 Å². The van der Waals surface area contributed by atoms with Crippen LogP contribution >= 0.6 is 11.8 Å². The van der Waals surface area contributed by atoms with E-state index in [1.165, 1.54) is 11.8 Å². The summed E-state index contributed by atoms with van der Waals surface area (Å²) >= 11 is 1.30. The molecule has 0 unspecified atom stereocenters. The number of carbonyl (C=O) groups is 2. The maximum absolute atomic E-state index is 13.9.